The lowest BCUT2D eigenvalue weighted by molar-refractivity contribution is 0.104. The van der Waals surface area contributed by atoms with Crippen LogP contribution in [-0.4, -0.2) is 5.78 Å². The summed E-state index contributed by atoms with van der Waals surface area (Å²) < 4.78 is 0. The number of rotatable bonds is 3. The Balaban J connectivity index is 2.22. The van der Waals surface area contributed by atoms with Crippen molar-refractivity contribution in [1.82, 2.24) is 0 Å². The highest BCUT2D eigenvalue weighted by atomic mass is 35.5. The van der Waals surface area contributed by atoms with Crippen molar-refractivity contribution >= 4 is 34.6 Å². The first kappa shape index (κ1) is 13.9. The highest BCUT2D eigenvalue weighted by molar-refractivity contribution is 6.31. The average Bonchev–Trinajstić information content (AvgIpc) is 2.40. The molecular weight excluding hydrogens is 279 g/mol. The molecule has 2 rings (SSSR count). The molecule has 0 aliphatic carbocycles. The zero-order valence-corrected chi connectivity index (χ0v) is 11.9. The van der Waals surface area contributed by atoms with Crippen LogP contribution in [0.15, 0.2) is 54.6 Å². The molecule has 0 unspecified atom stereocenters. The minimum atomic E-state index is -0.0379. The molecule has 0 aliphatic heterocycles. The molecule has 0 saturated heterocycles. The van der Waals surface area contributed by atoms with Gasteiger partial charge in [0.25, 0.3) is 0 Å². The van der Waals surface area contributed by atoms with E-state index in [9.17, 15) is 4.79 Å². The maximum atomic E-state index is 12.1. The number of ketones is 1. The second-order valence-corrected chi connectivity index (χ2v) is 5.08. The fraction of sp³-hybridized carbons (Fsp3) is 0.0625. The maximum Gasteiger partial charge on any atom is 0.186 e. The summed E-state index contributed by atoms with van der Waals surface area (Å²) >= 11 is 11.6. The van der Waals surface area contributed by atoms with E-state index in [1.165, 1.54) is 0 Å². The van der Waals surface area contributed by atoms with Crippen LogP contribution in [0, 0.1) is 0 Å². The first-order valence-electron chi connectivity index (χ1n) is 5.80. The quantitative estimate of drug-likeness (QED) is 0.555. The Morgan fingerprint density at radius 2 is 1.26 bits per heavy atom. The van der Waals surface area contributed by atoms with E-state index in [-0.39, 0.29) is 5.78 Å². The van der Waals surface area contributed by atoms with Crippen molar-refractivity contribution in [2.75, 3.05) is 0 Å². The predicted molar refractivity (Wildman–Crippen MR) is 80.9 cm³/mol. The van der Waals surface area contributed by atoms with Crippen LogP contribution in [-0.2, 0) is 0 Å². The van der Waals surface area contributed by atoms with Gasteiger partial charge < -0.3 is 0 Å². The Hall–Kier alpha value is -1.57. The number of benzene rings is 2. The molecule has 0 heterocycles. The minimum Gasteiger partial charge on any atom is -0.289 e. The largest absolute Gasteiger partial charge is 0.289 e. The molecule has 2 aromatic rings. The van der Waals surface area contributed by atoms with Crippen LogP contribution in [0.2, 0.25) is 10.0 Å². The van der Waals surface area contributed by atoms with Crippen molar-refractivity contribution in [3.8, 4) is 0 Å². The third kappa shape index (κ3) is 3.69. The minimum absolute atomic E-state index is 0.0379. The number of carbonyl (C=O) groups excluding carboxylic acids is 1. The summed E-state index contributed by atoms with van der Waals surface area (Å²) in [7, 11) is 0. The van der Waals surface area contributed by atoms with E-state index in [2.05, 4.69) is 0 Å². The second-order valence-electron chi connectivity index (χ2n) is 4.21. The molecule has 3 heteroatoms. The van der Waals surface area contributed by atoms with E-state index >= 15 is 0 Å². The van der Waals surface area contributed by atoms with Gasteiger partial charge in [0.15, 0.2) is 5.78 Å². The topological polar surface area (TPSA) is 17.1 Å². The van der Waals surface area contributed by atoms with Crippen LogP contribution in [0.25, 0.3) is 5.57 Å². The second kappa shape index (κ2) is 6.05. The van der Waals surface area contributed by atoms with E-state index in [0.717, 1.165) is 11.1 Å². The zero-order chi connectivity index (χ0) is 13.8. The third-order valence-corrected chi connectivity index (χ3v) is 3.28. The Bertz CT molecular complexity index is 610. The fourth-order valence-electron chi connectivity index (χ4n) is 1.69. The van der Waals surface area contributed by atoms with Crippen molar-refractivity contribution in [3.63, 3.8) is 0 Å². The predicted octanol–water partition coefficient (Wildman–Crippen LogP) is 5.28. The standard InChI is InChI=1S/C16H12Cl2O/c1-11(12-2-6-14(17)7-3-12)10-16(19)13-4-8-15(18)9-5-13/h2-10H,1H3/b11-10-. The van der Waals surface area contributed by atoms with Gasteiger partial charge in [-0.25, -0.2) is 0 Å². The Labute approximate surface area is 122 Å². The van der Waals surface area contributed by atoms with E-state index in [4.69, 9.17) is 23.2 Å². The average molecular weight is 291 g/mol. The summed E-state index contributed by atoms with van der Waals surface area (Å²) in [5.74, 6) is -0.0379. The number of hydrogen-bond acceptors (Lipinski definition) is 1. The number of halogens is 2. The van der Waals surface area contributed by atoms with Gasteiger partial charge in [-0.05, 0) is 60.5 Å². The Morgan fingerprint density at radius 3 is 1.74 bits per heavy atom. The zero-order valence-electron chi connectivity index (χ0n) is 10.4. The number of carbonyl (C=O) groups is 1. The van der Waals surface area contributed by atoms with Crippen LogP contribution >= 0.6 is 23.2 Å². The smallest absolute Gasteiger partial charge is 0.186 e. The van der Waals surface area contributed by atoms with Crippen LogP contribution in [0.1, 0.15) is 22.8 Å². The van der Waals surface area contributed by atoms with Crippen LogP contribution in [0.3, 0.4) is 0 Å². The molecule has 1 nitrogen and oxygen atoms in total. The molecule has 0 spiro atoms. The maximum absolute atomic E-state index is 12.1. The molecule has 0 aromatic heterocycles. The van der Waals surface area contributed by atoms with E-state index < -0.39 is 0 Å². The molecule has 0 aliphatic rings. The fourth-order valence-corrected chi connectivity index (χ4v) is 1.94. The molecule has 19 heavy (non-hydrogen) atoms. The lowest BCUT2D eigenvalue weighted by atomic mass is 10.0. The highest BCUT2D eigenvalue weighted by Gasteiger charge is 2.04. The molecule has 0 N–H and O–H groups in total. The van der Waals surface area contributed by atoms with Gasteiger partial charge in [-0.15, -0.1) is 0 Å². The van der Waals surface area contributed by atoms with Gasteiger partial charge in [0.05, 0.1) is 0 Å². The Kier molecular flexibility index (Phi) is 4.41. The lowest BCUT2D eigenvalue weighted by Crippen LogP contribution is -1.95. The molecule has 0 amide bonds. The van der Waals surface area contributed by atoms with Gasteiger partial charge in [0.1, 0.15) is 0 Å². The first-order chi connectivity index (χ1) is 9.06. The first-order valence-corrected chi connectivity index (χ1v) is 6.56. The molecule has 0 atom stereocenters. The lowest BCUT2D eigenvalue weighted by Gasteiger charge is -2.02. The summed E-state index contributed by atoms with van der Waals surface area (Å²) in [6, 6.07) is 14.3. The van der Waals surface area contributed by atoms with Gasteiger partial charge in [0.2, 0.25) is 0 Å². The van der Waals surface area contributed by atoms with Gasteiger partial charge in [-0.2, -0.15) is 0 Å². The molecule has 0 radical (unpaired) electrons. The summed E-state index contributed by atoms with van der Waals surface area (Å²) in [5, 5.41) is 1.30. The third-order valence-electron chi connectivity index (χ3n) is 2.78. The van der Waals surface area contributed by atoms with Crippen molar-refractivity contribution in [1.29, 1.82) is 0 Å². The van der Waals surface area contributed by atoms with Crippen LogP contribution in [0.4, 0.5) is 0 Å². The molecule has 96 valence electrons. The van der Waals surface area contributed by atoms with Gasteiger partial charge in [0, 0.05) is 15.6 Å². The summed E-state index contributed by atoms with van der Waals surface area (Å²) in [4.78, 5) is 12.1. The van der Waals surface area contributed by atoms with Gasteiger partial charge >= 0.3 is 0 Å². The molecule has 2 aromatic carbocycles. The normalized spacial score (nSPS) is 11.4. The van der Waals surface area contributed by atoms with Crippen molar-refractivity contribution in [2.45, 2.75) is 6.92 Å². The summed E-state index contributed by atoms with van der Waals surface area (Å²) in [5.41, 5.74) is 2.50. The van der Waals surface area contributed by atoms with Crippen LogP contribution < -0.4 is 0 Å². The van der Waals surface area contributed by atoms with Crippen molar-refractivity contribution in [2.24, 2.45) is 0 Å². The van der Waals surface area contributed by atoms with Gasteiger partial charge in [-0.3, -0.25) is 4.79 Å². The van der Waals surface area contributed by atoms with Crippen LogP contribution in [0.5, 0.6) is 0 Å². The summed E-state index contributed by atoms with van der Waals surface area (Å²) in [6.07, 6.45) is 1.62. The number of hydrogen-bond donors (Lipinski definition) is 0. The van der Waals surface area contributed by atoms with Crippen molar-refractivity contribution < 1.29 is 4.79 Å². The van der Waals surface area contributed by atoms with Gasteiger partial charge in [-0.1, -0.05) is 35.3 Å². The van der Waals surface area contributed by atoms with E-state index in [0.29, 0.717) is 15.6 Å². The molecule has 0 bridgehead atoms. The monoisotopic (exact) mass is 290 g/mol. The molecule has 0 fully saturated rings. The van der Waals surface area contributed by atoms with Crippen molar-refractivity contribution in [3.05, 3.63) is 75.8 Å². The number of allylic oxidation sites excluding steroid dienone is 2. The SMILES string of the molecule is C/C(=C/C(=O)c1ccc(Cl)cc1)c1ccc(Cl)cc1. The summed E-state index contributed by atoms with van der Waals surface area (Å²) in [6.45, 7) is 1.90. The molecular formula is C16H12Cl2O. The Morgan fingerprint density at radius 1 is 0.842 bits per heavy atom. The van der Waals surface area contributed by atoms with E-state index in [1.54, 1.807) is 42.5 Å². The van der Waals surface area contributed by atoms with E-state index in [1.807, 2.05) is 19.1 Å². The highest BCUT2D eigenvalue weighted by Crippen LogP contribution is 2.18. The molecule has 0 saturated carbocycles.